The van der Waals surface area contributed by atoms with Crippen LogP contribution in [0.3, 0.4) is 0 Å². The Kier molecular flexibility index (Phi) is 7.98. The van der Waals surface area contributed by atoms with Gasteiger partial charge >= 0.3 is 5.97 Å². The zero-order valence-corrected chi connectivity index (χ0v) is 19.2. The molecule has 1 saturated heterocycles. The van der Waals surface area contributed by atoms with E-state index < -0.39 is 12.6 Å². The number of hydrogen-bond donors (Lipinski definition) is 1. The largest absolute Gasteiger partial charge is 0.480 e. The van der Waals surface area contributed by atoms with Gasteiger partial charge < -0.3 is 14.7 Å². The Morgan fingerprint density at radius 3 is 1.97 bits per heavy atom. The summed E-state index contributed by atoms with van der Waals surface area (Å²) < 4.78 is 4.95. The van der Waals surface area contributed by atoms with Crippen LogP contribution in [0, 0.1) is 19.8 Å². The minimum Gasteiger partial charge on any atom is -0.480 e. The van der Waals surface area contributed by atoms with Gasteiger partial charge in [0.25, 0.3) is 0 Å². The number of carboxylic acids is 1. The first-order chi connectivity index (χ1) is 14.8. The minimum atomic E-state index is -1.08. The molecule has 166 valence electrons. The van der Waals surface area contributed by atoms with Gasteiger partial charge in [-0.3, -0.25) is 4.79 Å². The average molecular weight is 464 g/mol. The van der Waals surface area contributed by atoms with Crippen molar-refractivity contribution in [3.8, 4) is 0 Å². The average Bonchev–Trinajstić information content (AvgIpc) is 2.71. The number of carbonyl (C=O) groups excluding carboxylic acids is 1. The Labute approximate surface area is 192 Å². The van der Waals surface area contributed by atoms with Gasteiger partial charge in [-0.1, -0.05) is 47.5 Å². The quantitative estimate of drug-likeness (QED) is 0.621. The van der Waals surface area contributed by atoms with E-state index in [-0.39, 0.29) is 24.3 Å². The number of hydrogen-bond acceptors (Lipinski definition) is 3. The zero-order chi connectivity index (χ0) is 22.5. The summed E-state index contributed by atoms with van der Waals surface area (Å²) in [6.45, 7) is 4.52. The molecule has 0 aliphatic carbocycles. The van der Waals surface area contributed by atoms with E-state index in [1.165, 1.54) is 0 Å². The molecule has 1 amide bonds. The van der Waals surface area contributed by atoms with Gasteiger partial charge in [0.05, 0.1) is 0 Å². The van der Waals surface area contributed by atoms with Crippen LogP contribution in [-0.2, 0) is 14.3 Å². The van der Waals surface area contributed by atoms with Crippen molar-refractivity contribution in [3.63, 3.8) is 0 Å². The number of carbonyl (C=O) groups is 2. The predicted molar refractivity (Wildman–Crippen MR) is 122 cm³/mol. The number of benzene rings is 2. The molecule has 1 fully saturated rings. The molecule has 3 rings (SSSR count). The van der Waals surface area contributed by atoms with Crippen LogP contribution >= 0.6 is 23.2 Å². The van der Waals surface area contributed by atoms with Crippen LogP contribution in [0.1, 0.15) is 41.0 Å². The second kappa shape index (κ2) is 10.5. The van der Waals surface area contributed by atoms with Crippen molar-refractivity contribution in [1.82, 2.24) is 4.90 Å². The number of halogens is 2. The van der Waals surface area contributed by atoms with Crippen molar-refractivity contribution in [2.45, 2.75) is 32.6 Å². The SMILES string of the molecule is Cc1ccc(C(c2ccc(C)cc2Cl)C2CCN(C(=O)COCC(=O)O)CC2)c(Cl)c1. The van der Waals surface area contributed by atoms with Crippen LogP contribution in [0.5, 0.6) is 0 Å². The highest BCUT2D eigenvalue weighted by atomic mass is 35.5. The van der Waals surface area contributed by atoms with Crippen LogP contribution in [0.2, 0.25) is 10.0 Å². The van der Waals surface area contributed by atoms with E-state index >= 15 is 0 Å². The monoisotopic (exact) mass is 463 g/mol. The van der Waals surface area contributed by atoms with Gasteiger partial charge in [0.1, 0.15) is 13.2 Å². The smallest absolute Gasteiger partial charge is 0.329 e. The highest BCUT2D eigenvalue weighted by Crippen LogP contribution is 2.43. The molecule has 0 atom stereocenters. The second-order valence-electron chi connectivity index (χ2n) is 8.13. The van der Waals surface area contributed by atoms with Gasteiger partial charge in [-0.2, -0.15) is 0 Å². The molecular weight excluding hydrogens is 437 g/mol. The molecule has 0 radical (unpaired) electrons. The molecule has 2 aromatic carbocycles. The van der Waals surface area contributed by atoms with Gasteiger partial charge in [-0.15, -0.1) is 0 Å². The van der Waals surface area contributed by atoms with Crippen molar-refractivity contribution < 1.29 is 19.4 Å². The first-order valence-corrected chi connectivity index (χ1v) is 11.1. The standard InChI is InChI=1S/C24H27Cl2NO4/c1-15-3-5-18(20(25)11-15)24(19-6-4-16(2)12-21(19)26)17-7-9-27(10-8-17)22(28)13-31-14-23(29)30/h3-6,11-12,17,24H,7-10,13-14H2,1-2H3,(H,29,30). The van der Waals surface area contributed by atoms with E-state index in [9.17, 15) is 9.59 Å². The first-order valence-electron chi connectivity index (χ1n) is 10.4. The van der Waals surface area contributed by atoms with E-state index in [0.717, 1.165) is 45.1 Å². The number of likely N-dealkylation sites (tertiary alicyclic amines) is 1. The number of amides is 1. The molecule has 7 heteroatoms. The van der Waals surface area contributed by atoms with Gasteiger partial charge in [0, 0.05) is 29.1 Å². The summed E-state index contributed by atoms with van der Waals surface area (Å²) in [4.78, 5) is 24.7. The zero-order valence-electron chi connectivity index (χ0n) is 17.7. The van der Waals surface area contributed by atoms with Crippen molar-refractivity contribution in [3.05, 3.63) is 68.7 Å². The Morgan fingerprint density at radius 1 is 1.00 bits per heavy atom. The summed E-state index contributed by atoms with van der Waals surface area (Å²) in [5.41, 5.74) is 4.30. The van der Waals surface area contributed by atoms with Gasteiger partial charge in [0.2, 0.25) is 5.91 Å². The lowest BCUT2D eigenvalue weighted by Gasteiger charge is -2.37. The summed E-state index contributed by atoms with van der Waals surface area (Å²) in [7, 11) is 0. The molecule has 2 aromatic rings. The highest BCUT2D eigenvalue weighted by molar-refractivity contribution is 6.32. The first kappa shape index (κ1) is 23.6. The van der Waals surface area contributed by atoms with Crippen LogP contribution in [0.15, 0.2) is 36.4 Å². The topological polar surface area (TPSA) is 66.8 Å². The summed E-state index contributed by atoms with van der Waals surface area (Å²) >= 11 is 13.3. The lowest BCUT2D eigenvalue weighted by molar-refractivity contribution is -0.146. The Morgan fingerprint density at radius 2 is 1.52 bits per heavy atom. The maximum absolute atomic E-state index is 12.3. The maximum Gasteiger partial charge on any atom is 0.329 e. The van der Waals surface area contributed by atoms with E-state index in [1.54, 1.807) is 4.90 Å². The summed E-state index contributed by atoms with van der Waals surface area (Å²) in [6, 6.07) is 12.2. The summed E-state index contributed by atoms with van der Waals surface area (Å²) in [5, 5.41) is 10.1. The van der Waals surface area contributed by atoms with Crippen molar-refractivity contribution >= 4 is 35.1 Å². The molecule has 1 N–H and O–H groups in total. The fourth-order valence-electron chi connectivity index (χ4n) is 4.24. The van der Waals surface area contributed by atoms with Crippen LogP contribution in [0.4, 0.5) is 0 Å². The molecule has 0 spiro atoms. The van der Waals surface area contributed by atoms with Crippen molar-refractivity contribution in [1.29, 1.82) is 0 Å². The molecule has 0 bridgehead atoms. The summed E-state index contributed by atoms with van der Waals surface area (Å²) in [5.74, 6) is -0.969. The third-order valence-electron chi connectivity index (χ3n) is 5.80. The van der Waals surface area contributed by atoms with E-state index in [0.29, 0.717) is 13.1 Å². The fourth-order valence-corrected chi connectivity index (χ4v) is 4.95. The van der Waals surface area contributed by atoms with E-state index in [4.69, 9.17) is 33.0 Å². The second-order valence-corrected chi connectivity index (χ2v) is 8.95. The molecule has 1 aliphatic rings. The van der Waals surface area contributed by atoms with Crippen LogP contribution in [-0.4, -0.2) is 48.2 Å². The molecular formula is C24H27Cl2NO4. The van der Waals surface area contributed by atoms with E-state index in [2.05, 4.69) is 24.3 Å². The van der Waals surface area contributed by atoms with Crippen LogP contribution < -0.4 is 0 Å². The van der Waals surface area contributed by atoms with Crippen LogP contribution in [0.25, 0.3) is 0 Å². The van der Waals surface area contributed by atoms with E-state index in [1.807, 2.05) is 26.0 Å². The fraction of sp³-hybridized carbons (Fsp3) is 0.417. The number of rotatable bonds is 7. The number of nitrogens with zero attached hydrogens (tertiary/aromatic N) is 1. The molecule has 0 saturated carbocycles. The molecule has 0 unspecified atom stereocenters. The van der Waals surface area contributed by atoms with Gasteiger partial charge in [-0.25, -0.2) is 4.79 Å². The molecule has 0 aromatic heterocycles. The predicted octanol–water partition coefficient (Wildman–Crippen LogP) is 5.08. The lowest BCUT2D eigenvalue weighted by atomic mass is 9.75. The number of piperidine rings is 1. The Balaban J connectivity index is 1.80. The van der Waals surface area contributed by atoms with Crippen molar-refractivity contribution in [2.75, 3.05) is 26.3 Å². The number of ether oxygens (including phenoxy) is 1. The number of aliphatic carboxylic acids is 1. The molecule has 31 heavy (non-hydrogen) atoms. The number of carboxylic acid groups (broad SMARTS) is 1. The van der Waals surface area contributed by atoms with Crippen molar-refractivity contribution in [2.24, 2.45) is 5.92 Å². The third kappa shape index (κ3) is 6.00. The molecule has 1 heterocycles. The minimum absolute atomic E-state index is 0.0294. The van der Waals surface area contributed by atoms with Gasteiger partial charge in [-0.05, 0) is 67.0 Å². The lowest BCUT2D eigenvalue weighted by Crippen LogP contribution is -2.41. The number of aryl methyl sites for hydroxylation is 2. The summed E-state index contributed by atoms with van der Waals surface area (Å²) in [6.07, 6.45) is 1.59. The maximum atomic E-state index is 12.3. The molecule has 5 nitrogen and oxygen atoms in total. The Bertz CT molecular complexity index is 903. The normalized spacial score (nSPS) is 14.8. The molecule has 1 aliphatic heterocycles. The third-order valence-corrected chi connectivity index (χ3v) is 6.45. The van der Waals surface area contributed by atoms with Gasteiger partial charge in [0.15, 0.2) is 0 Å². The Hall–Kier alpha value is -2.08. The highest BCUT2D eigenvalue weighted by Gasteiger charge is 2.32.